The number of allylic oxidation sites excluding steroid dienone is 2. The lowest BCUT2D eigenvalue weighted by molar-refractivity contribution is -0.384. The fourth-order valence-corrected chi connectivity index (χ4v) is 3.45. The molecule has 3 rings (SSSR count). The average Bonchev–Trinajstić information content (AvgIpc) is 3.08. The van der Waals surface area contributed by atoms with E-state index in [-0.39, 0.29) is 11.6 Å². The highest BCUT2D eigenvalue weighted by atomic mass is 16.6. The van der Waals surface area contributed by atoms with Crippen LogP contribution in [-0.2, 0) is 0 Å². The smallest absolute Gasteiger partial charge is 0.269 e. The van der Waals surface area contributed by atoms with Crippen LogP contribution < -0.4 is 0 Å². The van der Waals surface area contributed by atoms with E-state index in [2.05, 4.69) is 6.08 Å². The summed E-state index contributed by atoms with van der Waals surface area (Å²) < 4.78 is 0. The number of benzene rings is 1. The lowest BCUT2D eigenvalue weighted by Gasteiger charge is -2.32. The van der Waals surface area contributed by atoms with Crippen molar-refractivity contribution in [2.75, 3.05) is 6.54 Å². The van der Waals surface area contributed by atoms with E-state index in [0.717, 1.165) is 32.2 Å². The van der Waals surface area contributed by atoms with E-state index in [1.807, 2.05) is 4.90 Å². The van der Waals surface area contributed by atoms with Gasteiger partial charge >= 0.3 is 0 Å². The minimum Gasteiger partial charge on any atom is -0.312 e. The first-order valence-corrected chi connectivity index (χ1v) is 7.93. The van der Waals surface area contributed by atoms with Crippen molar-refractivity contribution in [2.45, 2.75) is 38.5 Å². The zero-order chi connectivity index (χ0) is 15.5. The van der Waals surface area contributed by atoms with Crippen molar-refractivity contribution in [3.63, 3.8) is 0 Å². The lowest BCUT2D eigenvalue weighted by atomic mass is 9.97. The maximum atomic E-state index is 12.8. The van der Waals surface area contributed by atoms with Gasteiger partial charge < -0.3 is 4.90 Å². The molecule has 1 aromatic rings. The van der Waals surface area contributed by atoms with E-state index in [4.69, 9.17) is 0 Å². The van der Waals surface area contributed by atoms with Crippen molar-refractivity contribution in [3.8, 4) is 0 Å². The predicted octanol–water partition coefficient (Wildman–Crippen LogP) is 3.90. The Labute approximate surface area is 129 Å². The molecule has 0 radical (unpaired) electrons. The number of hydrogen-bond acceptors (Lipinski definition) is 3. The molecule has 5 nitrogen and oxygen atoms in total. The molecule has 0 aromatic heterocycles. The van der Waals surface area contributed by atoms with Crippen LogP contribution >= 0.6 is 0 Å². The average molecular weight is 300 g/mol. The quantitative estimate of drug-likeness (QED) is 0.628. The van der Waals surface area contributed by atoms with Gasteiger partial charge in [0, 0.05) is 29.9 Å². The van der Waals surface area contributed by atoms with Crippen LogP contribution in [0.2, 0.25) is 0 Å². The van der Waals surface area contributed by atoms with E-state index in [9.17, 15) is 14.9 Å². The summed E-state index contributed by atoms with van der Waals surface area (Å²) in [5.41, 5.74) is 1.71. The number of nitro benzene ring substituents is 1. The summed E-state index contributed by atoms with van der Waals surface area (Å²) in [5, 5.41) is 10.7. The van der Waals surface area contributed by atoms with E-state index in [1.54, 1.807) is 12.1 Å². The van der Waals surface area contributed by atoms with Gasteiger partial charge in [-0.2, -0.15) is 0 Å². The number of amides is 1. The highest BCUT2D eigenvalue weighted by molar-refractivity contribution is 5.95. The van der Waals surface area contributed by atoms with Gasteiger partial charge in [0.15, 0.2) is 0 Å². The molecular weight excluding hydrogens is 280 g/mol. The molecule has 1 fully saturated rings. The van der Waals surface area contributed by atoms with Crippen molar-refractivity contribution < 1.29 is 9.72 Å². The number of rotatable bonds is 3. The van der Waals surface area contributed by atoms with Gasteiger partial charge in [-0.15, -0.1) is 0 Å². The molecule has 0 unspecified atom stereocenters. The fourth-order valence-electron chi connectivity index (χ4n) is 3.45. The van der Waals surface area contributed by atoms with E-state index >= 15 is 0 Å². The molecule has 0 N–H and O–H groups in total. The van der Waals surface area contributed by atoms with Crippen LogP contribution in [0.25, 0.3) is 0 Å². The van der Waals surface area contributed by atoms with E-state index < -0.39 is 4.92 Å². The maximum absolute atomic E-state index is 12.8. The molecule has 0 spiro atoms. The Morgan fingerprint density at radius 3 is 2.45 bits per heavy atom. The van der Waals surface area contributed by atoms with Gasteiger partial charge in [0.25, 0.3) is 11.6 Å². The number of hydrogen-bond donors (Lipinski definition) is 0. The maximum Gasteiger partial charge on any atom is 0.269 e. The summed E-state index contributed by atoms with van der Waals surface area (Å²) in [6, 6.07) is 5.91. The Balaban J connectivity index is 1.81. The van der Waals surface area contributed by atoms with Crippen LogP contribution in [0, 0.1) is 16.0 Å². The Hall–Kier alpha value is -2.17. The highest BCUT2D eigenvalue weighted by Gasteiger charge is 2.29. The van der Waals surface area contributed by atoms with E-state index in [0.29, 0.717) is 11.5 Å². The number of nitrogens with zero attached hydrogens (tertiary/aromatic N) is 2. The van der Waals surface area contributed by atoms with Crippen molar-refractivity contribution in [1.29, 1.82) is 0 Å². The zero-order valence-electron chi connectivity index (χ0n) is 12.5. The largest absolute Gasteiger partial charge is 0.312 e. The molecule has 1 saturated carbocycles. The summed E-state index contributed by atoms with van der Waals surface area (Å²) in [5.74, 6) is 0.468. The van der Waals surface area contributed by atoms with Crippen LogP contribution in [0.1, 0.15) is 48.9 Å². The first-order valence-electron chi connectivity index (χ1n) is 7.93. The monoisotopic (exact) mass is 300 g/mol. The third-order valence-electron chi connectivity index (χ3n) is 4.59. The Morgan fingerprint density at radius 1 is 1.14 bits per heavy atom. The Bertz CT molecular complexity index is 601. The lowest BCUT2D eigenvalue weighted by Crippen LogP contribution is -2.35. The van der Waals surface area contributed by atoms with Gasteiger partial charge in [-0.1, -0.05) is 18.9 Å². The van der Waals surface area contributed by atoms with E-state index in [1.165, 1.54) is 30.7 Å². The Kier molecular flexibility index (Phi) is 4.22. The second-order valence-corrected chi connectivity index (χ2v) is 6.01. The van der Waals surface area contributed by atoms with Gasteiger partial charge in [0.1, 0.15) is 0 Å². The van der Waals surface area contributed by atoms with Gasteiger partial charge in [0.2, 0.25) is 0 Å². The predicted molar refractivity (Wildman–Crippen MR) is 83.4 cm³/mol. The van der Waals surface area contributed by atoms with Crippen LogP contribution in [0.15, 0.2) is 36.0 Å². The number of carbonyl (C=O) groups is 1. The molecule has 1 aliphatic carbocycles. The molecule has 0 atom stereocenters. The zero-order valence-corrected chi connectivity index (χ0v) is 12.5. The van der Waals surface area contributed by atoms with Crippen molar-refractivity contribution in [2.24, 2.45) is 5.92 Å². The molecule has 0 saturated heterocycles. The van der Waals surface area contributed by atoms with Gasteiger partial charge in [-0.3, -0.25) is 14.9 Å². The molecule has 2 aliphatic rings. The van der Waals surface area contributed by atoms with Crippen LogP contribution in [0.3, 0.4) is 0 Å². The SMILES string of the molecule is O=C(c1ccc([N+](=O)[O-])cc1)N1CCCC=C1C1CCCC1. The molecule has 1 heterocycles. The van der Waals surface area contributed by atoms with Crippen LogP contribution in [0.5, 0.6) is 0 Å². The van der Waals surface area contributed by atoms with Crippen molar-refractivity contribution in [1.82, 2.24) is 4.90 Å². The molecular formula is C17H20N2O3. The number of carbonyl (C=O) groups excluding carboxylic acids is 1. The number of non-ortho nitro benzene ring substituents is 1. The summed E-state index contributed by atoms with van der Waals surface area (Å²) in [6.07, 6.45) is 9.03. The molecule has 116 valence electrons. The van der Waals surface area contributed by atoms with Crippen LogP contribution in [-0.4, -0.2) is 22.3 Å². The number of nitro groups is 1. The minimum atomic E-state index is -0.445. The standard InChI is InChI=1S/C17H20N2O3/c20-17(14-8-10-15(11-9-14)19(21)22)18-12-4-3-7-16(18)13-5-1-2-6-13/h7-11,13H,1-6,12H2. The van der Waals surface area contributed by atoms with Crippen molar-refractivity contribution in [3.05, 3.63) is 51.7 Å². The molecule has 0 bridgehead atoms. The summed E-state index contributed by atoms with van der Waals surface area (Å²) in [6.45, 7) is 0.748. The molecule has 22 heavy (non-hydrogen) atoms. The van der Waals surface area contributed by atoms with Gasteiger partial charge in [-0.05, 0) is 43.7 Å². The first-order chi connectivity index (χ1) is 10.7. The highest BCUT2D eigenvalue weighted by Crippen LogP contribution is 2.35. The van der Waals surface area contributed by atoms with Gasteiger partial charge in [0.05, 0.1) is 4.92 Å². The third kappa shape index (κ3) is 2.89. The third-order valence-corrected chi connectivity index (χ3v) is 4.59. The van der Waals surface area contributed by atoms with Crippen molar-refractivity contribution >= 4 is 11.6 Å². The first kappa shape index (κ1) is 14.8. The van der Waals surface area contributed by atoms with Crippen LogP contribution in [0.4, 0.5) is 5.69 Å². The molecule has 1 amide bonds. The molecule has 1 aliphatic heterocycles. The topological polar surface area (TPSA) is 63.4 Å². The summed E-state index contributed by atoms with van der Waals surface area (Å²) in [7, 11) is 0. The Morgan fingerprint density at radius 2 is 1.82 bits per heavy atom. The second kappa shape index (κ2) is 6.30. The minimum absolute atomic E-state index is 0.0155. The normalized spacial score (nSPS) is 19.1. The molecule has 1 aromatic carbocycles. The summed E-state index contributed by atoms with van der Waals surface area (Å²) >= 11 is 0. The fraction of sp³-hybridized carbons (Fsp3) is 0.471. The summed E-state index contributed by atoms with van der Waals surface area (Å²) in [4.78, 5) is 24.9. The molecule has 5 heteroatoms. The second-order valence-electron chi connectivity index (χ2n) is 6.01. The van der Waals surface area contributed by atoms with Gasteiger partial charge in [-0.25, -0.2) is 0 Å².